The van der Waals surface area contributed by atoms with Gasteiger partial charge in [-0.25, -0.2) is 4.79 Å². The summed E-state index contributed by atoms with van der Waals surface area (Å²) in [6, 6.07) is 1.55. The number of nitriles is 1. The topological polar surface area (TPSA) is 105 Å². The predicted octanol–water partition coefficient (Wildman–Crippen LogP) is -0.539. The minimum atomic E-state index is -0.643. The van der Waals surface area contributed by atoms with Crippen molar-refractivity contribution in [2.24, 2.45) is 5.73 Å². The molecule has 1 heterocycles. The number of hydrogen-bond acceptors (Lipinski definition) is 4. The molecule has 84 valence electrons. The van der Waals surface area contributed by atoms with Crippen molar-refractivity contribution >= 4 is 0 Å². The summed E-state index contributed by atoms with van der Waals surface area (Å²) in [4.78, 5) is 24.9. The number of nitrogens with zero attached hydrogens (tertiary/aromatic N) is 2. The van der Waals surface area contributed by atoms with Gasteiger partial charge in [-0.15, -0.1) is 0 Å². The summed E-state index contributed by atoms with van der Waals surface area (Å²) in [6.45, 7) is 0. The SMILES string of the molecule is N#Cc1cn([C@@H]2CCC[C@@H]2N)c(=O)[nH]c1=O. The summed E-state index contributed by atoms with van der Waals surface area (Å²) in [5.74, 6) is 0. The van der Waals surface area contributed by atoms with Gasteiger partial charge in [-0.05, 0) is 19.3 Å². The maximum absolute atomic E-state index is 11.6. The van der Waals surface area contributed by atoms with Crippen LogP contribution in [0.25, 0.3) is 0 Å². The fourth-order valence-corrected chi connectivity index (χ4v) is 2.13. The van der Waals surface area contributed by atoms with Crippen LogP contribution in [0.5, 0.6) is 0 Å². The summed E-state index contributed by atoms with van der Waals surface area (Å²) < 4.78 is 1.37. The molecule has 0 aromatic carbocycles. The van der Waals surface area contributed by atoms with Gasteiger partial charge in [0, 0.05) is 12.2 Å². The third-order valence-electron chi connectivity index (χ3n) is 2.98. The Kier molecular flexibility index (Phi) is 2.62. The third-order valence-corrected chi connectivity index (χ3v) is 2.98. The number of nitrogens with one attached hydrogen (secondary N) is 1. The normalized spacial score (nSPS) is 24.2. The van der Waals surface area contributed by atoms with Crippen molar-refractivity contribution in [3.8, 4) is 6.07 Å². The molecule has 1 fully saturated rings. The first-order valence-corrected chi connectivity index (χ1v) is 5.14. The number of aromatic nitrogens is 2. The third kappa shape index (κ3) is 1.66. The van der Waals surface area contributed by atoms with Crippen LogP contribution in [0.2, 0.25) is 0 Å². The van der Waals surface area contributed by atoms with Crippen molar-refractivity contribution < 1.29 is 0 Å². The van der Waals surface area contributed by atoms with E-state index in [1.165, 1.54) is 10.8 Å². The van der Waals surface area contributed by atoms with E-state index in [0.29, 0.717) is 0 Å². The monoisotopic (exact) mass is 220 g/mol. The summed E-state index contributed by atoms with van der Waals surface area (Å²) in [5, 5.41) is 8.73. The van der Waals surface area contributed by atoms with Crippen LogP contribution >= 0.6 is 0 Å². The Hall–Kier alpha value is -1.87. The van der Waals surface area contributed by atoms with E-state index in [4.69, 9.17) is 11.0 Å². The quantitative estimate of drug-likeness (QED) is 0.663. The highest BCUT2D eigenvalue weighted by molar-refractivity contribution is 5.22. The lowest BCUT2D eigenvalue weighted by atomic mass is 10.2. The molecule has 0 unspecified atom stereocenters. The molecule has 0 saturated heterocycles. The van der Waals surface area contributed by atoms with E-state index in [9.17, 15) is 9.59 Å². The standard InChI is InChI=1S/C10H12N4O2/c11-4-6-5-14(10(16)13-9(6)15)8-3-1-2-7(8)12/h5,7-8H,1-3,12H2,(H,13,15,16)/t7-,8+/m0/s1. The molecule has 6 nitrogen and oxygen atoms in total. The molecule has 3 N–H and O–H groups in total. The smallest absolute Gasteiger partial charge is 0.326 e. The van der Waals surface area contributed by atoms with Crippen LogP contribution in [0.3, 0.4) is 0 Å². The van der Waals surface area contributed by atoms with Gasteiger partial charge in [0.25, 0.3) is 5.56 Å². The highest BCUT2D eigenvalue weighted by atomic mass is 16.2. The minimum Gasteiger partial charge on any atom is -0.326 e. The molecule has 16 heavy (non-hydrogen) atoms. The van der Waals surface area contributed by atoms with E-state index < -0.39 is 11.2 Å². The average molecular weight is 220 g/mol. The van der Waals surface area contributed by atoms with Gasteiger partial charge in [-0.2, -0.15) is 5.26 Å². The second-order valence-corrected chi connectivity index (χ2v) is 3.98. The number of H-pyrrole nitrogens is 1. The van der Waals surface area contributed by atoms with Crippen molar-refractivity contribution in [2.75, 3.05) is 0 Å². The maximum Gasteiger partial charge on any atom is 0.328 e. The first-order valence-electron chi connectivity index (χ1n) is 5.14. The van der Waals surface area contributed by atoms with Crippen molar-refractivity contribution in [1.29, 1.82) is 5.26 Å². The lowest BCUT2D eigenvalue weighted by Crippen LogP contribution is -2.38. The van der Waals surface area contributed by atoms with Crippen LogP contribution in [0, 0.1) is 11.3 Å². The fourth-order valence-electron chi connectivity index (χ4n) is 2.13. The lowest BCUT2D eigenvalue weighted by molar-refractivity contribution is 0.441. The zero-order valence-electron chi connectivity index (χ0n) is 8.64. The number of hydrogen-bond donors (Lipinski definition) is 2. The lowest BCUT2D eigenvalue weighted by Gasteiger charge is -2.17. The summed E-state index contributed by atoms with van der Waals surface area (Å²) in [5.41, 5.74) is 4.68. The fraction of sp³-hybridized carbons (Fsp3) is 0.500. The van der Waals surface area contributed by atoms with Crippen LogP contribution < -0.4 is 17.0 Å². The Bertz CT molecular complexity index is 551. The van der Waals surface area contributed by atoms with Crippen molar-refractivity contribution in [3.05, 3.63) is 32.6 Å². The molecule has 1 aromatic rings. The minimum absolute atomic E-state index is 0.0568. The van der Waals surface area contributed by atoms with E-state index in [-0.39, 0.29) is 17.6 Å². The van der Waals surface area contributed by atoms with Gasteiger partial charge < -0.3 is 5.73 Å². The molecule has 6 heteroatoms. The highest BCUT2D eigenvalue weighted by Crippen LogP contribution is 2.26. The molecule has 0 bridgehead atoms. The van der Waals surface area contributed by atoms with Gasteiger partial charge in [-0.1, -0.05) is 0 Å². The van der Waals surface area contributed by atoms with Gasteiger partial charge in [-0.3, -0.25) is 14.3 Å². The Labute approximate surface area is 91.3 Å². The zero-order chi connectivity index (χ0) is 11.7. The van der Waals surface area contributed by atoms with Crippen LogP contribution in [0.4, 0.5) is 0 Å². The Balaban J connectivity index is 2.53. The maximum atomic E-state index is 11.6. The molecule has 2 rings (SSSR count). The largest absolute Gasteiger partial charge is 0.328 e. The molecule has 1 aromatic heterocycles. The number of nitrogens with two attached hydrogens (primary N) is 1. The van der Waals surface area contributed by atoms with E-state index >= 15 is 0 Å². The van der Waals surface area contributed by atoms with Crippen molar-refractivity contribution in [1.82, 2.24) is 9.55 Å². The Morgan fingerprint density at radius 1 is 1.50 bits per heavy atom. The molecular weight excluding hydrogens is 208 g/mol. The molecule has 1 saturated carbocycles. The first-order chi connectivity index (χ1) is 7.63. The van der Waals surface area contributed by atoms with E-state index in [1.54, 1.807) is 6.07 Å². The Morgan fingerprint density at radius 2 is 2.25 bits per heavy atom. The van der Waals surface area contributed by atoms with Crippen molar-refractivity contribution in [2.45, 2.75) is 31.3 Å². The summed E-state index contributed by atoms with van der Waals surface area (Å²) in [6.07, 6.45) is 3.92. The first kappa shape index (κ1) is 10.6. The van der Waals surface area contributed by atoms with E-state index in [2.05, 4.69) is 4.98 Å². The molecule has 0 amide bonds. The van der Waals surface area contributed by atoms with Crippen LogP contribution in [0.15, 0.2) is 15.8 Å². The molecule has 1 aliphatic carbocycles. The molecular formula is C10H12N4O2. The number of aromatic amines is 1. The van der Waals surface area contributed by atoms with Crippen LogP contribution in [0.1, 0.15) is 30.9 Å². The second kappa shape index (κ2) is 3.94. The summed E-state index contributed by atoms with van der Waals surface area (Å²) >= 11 is 0. The van der Waals surface area contributed by atoms with Crippen molar-refractivity contribution in [3.63, 3.8) is 0 Å². The highest BCUT2D eigenvalue weighted by Gasteiger charge is 2.26. The van der Waals surface area contributed by atoms with Gasteiger partial charge >= 0.3 is 5.69 Å². The van der Waals surface area contributed by atoms with E-state index in [0.717, 1.165) is 19.3 Å². The zero-order valence-corrected chi connectivity index (χ0v) is 8.64. The Morgan fingerprint density at radius 3 is 2.81 bits per heavy atom. The summed E-state index contributed by atoms with van der Waals surface area (Å²) in [7, 11) is 0. The molecule has 1 aliphatic rings. The van der Waals surface area contributed by atoms with Gasteiger partial charge in [0.05, 0.1) is 6.04 Å². The average Bonchev–Trinajstić information content (AvgIpc) is 2.65. The second-order valence-electron chi connectivity index (χ2n) is 3.98. The van der Waals surface area contributed by atoms with Gasteiger partial charge in [0.2, 0.25) is 0 Å². The van der Waals surface area contributed by atoms with Gasteiger partial charge in [0.1, 0.15) is 11.6 Å². The number of rotatable bonds is 1. The van der Waals surface area contributed by atoms with Crippen LogP contribution in [-0.4, -0.2) is 15.6 Å². The van der Waals surface area contributed by atoms with Gasteiger partial charge in [0.15, 0.2) is 0 Å². The van der Waals surface area contributed by atoms with Crippen LogP contribution in [-0.2, 0) is 0 Å². The van der Waals surface area contributed by atoms with E-state index in [1.807, 2.05) is 0 Å². The molecule has 0 aliphatic heterocycles. The molecule has 0 spiro atoms. The molecule has 0 radical (unpaired) electrons. The molecule has 2 atom stereocenters. The predicted molar refractivity (Wildman–Crippen MR) is 56.9 cm³/mol.